The van der Waals surface area contributed by atoms with E-state index in [0.717, 1.165) is 44.1 Å². The third kappa shape index (κ3) is 8.71. The first-order valence-corrected chi connectivity index (χ1v) is 23.2. The van der Waals surface area contributed by atoms with Crippen LogP contribution in [-0.2, 0) is 29.1 Å². The zero-order valence-electron chi connectivity index (χ0n) is 33.2. The van der Waals surface area contributed by atoms with E-state index in [9.17, 15) is 32.4 Å². The molecule has 0 unspecified atom stereocenters. The molecule has 4 heterocycles. The Morgan fingerprint density at radius 3 is 2.51 bits per heavy atom. The van der Waals surface area contributed by atoms with E-state index in [0.29, 0.717) is 43.5 Å². The number of hydrogen-bond donors (Lipinski definition) is 4. The van der Waals surface area contributed by atoms with Crippen LogP contribution in [0, 0.1) is 17.8 Å². The van der Waals surface area contributed by atoms with Crippen molar-refractivity contribution in [1.29, 1.82) is 0 Å². The van der Waals surface area contributed by atoms with Gasteiger partial charge in [-0.2, -0.15) is 0 Å². The monoisotopic (exact) mass is 851 g/mol. The minimum atomic E-state index is -3.92. The molecule has 16 nitrogen and oxygen atoms in total. The summed E-state index contributed by atoms with van der Waals surface area (Å²) in [6.07, 6.45) is 10.7. The molecule has 5 fully saturated rings. The highest BCUT2D eigenvalue weighted by molar-refractivity contribution is 7.91. The fraction of sp³-hybridized carbons (Fsp3) is 0.610. The number of allylic oxidation sites excluding steroid dienone is 1. The first kappa shape index (κ1) is 41.2. The lowest BCUT2D eigenvalue weighted by Crippen LogP contribution is -2.60. The van der Waals surface area contributed by atoms with Gasteiger partial charge in [0.25, 0.3) is 11.8 Å². The van der Waals surface area contributed by atoms with E-state index in [4.69, 9.17) is 15.2 Å². The van der Waals surface area contributed by atoms with E-state index in [1.165, 1.54) is 16.2 Å². The highest BCUT2D eigenvalue weighted by atomic mass is 32.2. The number of hydrogen-bond acceptors (Lipinski definition) is 12. The fourth-order valence-electron chi connectivity index (χ4n) is 9.25. The Hall–Kier alpha value is -4.55. The van der Waals surface area contributed by atoms with Crippen LogP contribution in [0.1, 0.15) is 86.9 Å². The van der Waals surface area contributed by atoms with E-state index in [1.54, 1.807) is 12.0 Å². The van der Waals surface area contributed by atoms with Gasteiger partial charge >= 0.3 is 6.09 Å². The minimum absolute atomic E-state index is 0.0251. The molecule has 59 heavy (non-hydrogen) atoms. The molecule has 0 bridgehead atoms. The van der Waals surface area contributed by atoms with Gasteiger partial charge in [-0.3, -0.25) is 23.9 Å². The Morgan fingerprint density at radius 1 is 1.02 bits per heavy atom. The number of carbonyl (C=O) groups is 5. The lowest BCUT2D eigenvalue weighted by atomic mass is 9.93. The number of likely N-dealkylation sites (tertiary alicyclic amines) is 1. The molecular formula is C41H53N7O9S2. The number of fused-ring (bicyclic) bond motifs is 4. The van der Waals surface area contributed by atoms with Crippen LogP contribution in [0.5, 0.6) is 5.75 Å². The van der Waals surface area contributed by atoms with Crippen molar-refractivity contribution < 1.29 is 41.9 Å². The first-order valence-electron chi connectivity index (χ1n) is 20.8. The molecular weight excluding hydrogens is 799 g/mol. The number of benzene rings is 1. The second-order valence-electron chi connectivity index (χ2n) is 17.2. The molecule has 2 aromatic rings. The van der Waals surface area contributed by atoms with Crippen LogP contribution in [0.2, 0.25) is 0 Å². The van der Waals surface area contributed by atoms with Gasteiger partial charge in [0.2, 0.25) is 21.8 Å². The molecule has 5 N–H and O–H groups in total. The maximum absolute atomic E-state index is 14.7. The maximum atomic E-state index is 14.7. The minimum Gasteiger partial charge on any atom is -0.497 e. The Bertz CT molecular complexity index is 2100. The average molecular weight is 852 g/mol. The normalized spacial score (nSPS) is 29.8. The van der Waals surface area contributed by atoms with Crippen molar-refractivity contribution in [1.82, 2.24) is 30.1 Å². The number of nitrogens with one attached hydrogen (secondary N) is 3. The summed E-state index contributed by atoms with van der Waals surface area (Å²) in [4.78, 5) is 78.2. The number of rotatable bonds is 9. The van der Waals surface area contributed by atoms with E-state index in [2.05, 4.69) is 20.3 Å². The van der Waals surface area contributed by atoms with Gasteiger partial charge in [-0.1, -0.05) is 37.8 Å². The fourth-order valence-corrected chi connectivity index (χ4v) is 11.4. The summed E-state index contributed by atoms with van der Waals surface area (Å²) in [5.74, 6) is -2.75. The summed E-state index contributed by atoms with van der Waals surface area (Å²) in [5.41, 5.74) is 5.77. The number of amides is 5. The predicted octanol–water partition coefficient (Wildman–Crippen LogP) is 3.09. The van der Waals surface area contributed by atoms with Crippen LogP contribution < -0.4 is 25.8 Å². The molecule has 5 amide bonds. The van der Waals surface area contributed by atoms with Crippen LogP contribution in [0.4, 0.5) is 4.79 Å². The average Bonchev–Trinajstić information content (AvgIpc) is 3.93. The quantitative estimate of drug-likeness (QED) is 0.269. The lowest BCUT2D eigenvalue weighted by molar-refractivity contribution is -0.142. The molecule has 1 aromatic carbocycles. The van der Waals surface area contributed by atoms with Gasteiger partial charge in [-0.25, -0.2) is 18.2 Å². The summed E-state index contributed by atoms with van der Waals surface area (Å²) in [7, 11) is -2.34. The van der Waals surface area contributed by atoms with Gasteiger partial charge in [0, 0.05) is 48.3 Å². The van der Waals surface area contributed by atoms with Gasteiger partial charge in [-0.15, -0.1) is 11.3 Å². The highest BCUT2D eigenvalue weighted by Crippen LogP contribution is 2.47. The molecule has 6 atom stereocenters. The summed E-state index contributed by atoms with van der Waals surface area (Å²) in [6, 6.07) is 5.23. The van der Waals surface area contributed by atoms with Gasteiger partial charge < -0.3 is 35.6 Å². The summed E-state index contributed by atoms with van der Waals surface area (Å²) in [6.45, 7) is 0.541. The molecule has 318 valence electrons. The number of carbonyl (C=O) groups excluding carboxylic acids is 5. The number of ether oxygens (including phenoxy) is 2. The number of aromatic nitrogens is 1. The topological polar surface area (TPSA) is 219 Å². The Kier molecular flexibility index (Phi) is 11.5. The van der Waals surface area contributed by atoms with Crippen molar-refractivity contribution in [3.63, 3.8) is 0 Å². The predicted molar refractivity (Wildman–Crippen MR) is 217 cm³/mol. The number of alkyl carbamates (subject to hydrolysis) is 1. The second-order valence-corrected chi connectivity index (χ2v) is 20.0. The van der Waals surface area contributed by atoms with E-state index in [-0.39, 0.29) is 49.5 Å². The first-order chi connectivity index (χ1) is 28.3. The molecule has 18 heteroatoms. The van der Waals surface area contributed by atoms with Gasteiger partial charge in [0.05, 0.1) is 23.6 Å². The van der Waals surface area contributed by atoms with Crippen molar-refractivity contribution in [2.45, 2.75) is 105 Å². The molecule has 1 aromatic heterocycles. The molecule has 3 saturated carbocycles. The number of nitrogens with zero attached hydrogens (tertiary/aromatic N) is 3. The number of sulfonamides is 1. The number of nitrogens with two attached hydrogens (primary N) is 1. The zero-order chi connectivity index (χ0) is 41.5. The lowest BCUT2D eigenvalue weighted by Gasteiger charge is -2.33. The molecule has 3 aliphatic heterocycles. The Labute approximate surface area is 348 Å². The van der Waals surface area contributed by atoms with Crippen LogP contribution in [0.3, 0.4) is 0 Å². The van der Waals surface area contributed by atoms with Gasteiger partial charge in [0.1, 0.15) is 30.0 Å². The van der Waals surface area contributed by atoms with Crippen LogP contribution >= 0.6 is 11.3 Å². The SMILES string of the molecule is COc1ccc(-c2csc(C(=O)N3C[C@H]4CN5C(=O)[C@@H](NC(=O)OCC6(N)CCCC6)CCCCC/C=C\[C@@H]6C[C@]6(C(=O)NS(=O)(=O)C6CC6)NC(=O)[C@@H]5[C@H]4C3)n2)cc1. The summed E-state index contributed by atoms with van der Waals surface area (Å²) < 4.78 is 38.9. The van der Waals surface area contributed by atoms with Crippen molar-refractivity contribution >= 4 is 51.1 Å². The van der Waals surface area contributed by atoms with E-state index in [1.807, 2.05) is 41.8 Å². The smallest absolute Gasteiger partial charge is 0.407 e. The largest absolute Gasteiger partial charge is 0.497 e. The second kappa shape index (κ2) is 16.5. The third-order valence-corrected chi connectivity index (χ3v) is 15.6. The summed E-state index contributed by atoms with van der Waals surface area (Å²) >= 11 is 1.22. The van der Waals surface area contributed by atoms with Gasteiger partial charge in [-0.05, 0) is 75.6 Å². The van der Waals surface area contributed by atoms with Crippen molar-refractivity contribution in [2.24, 2.45) is 23.5 Å². The van der Waals surface area contributed by atoms with Crippen molar-refractivity contribution in [3.8, 4) is 17.0 Å². The molecule has 0 spiro atoms. The summed E-state index contributed by atoms with van der Waals surface area (Å²) in [5, 5.41) is 7.17. The molecule has 6 aliphatic rings. The van der Waals surface area contributed by atoms with Gasteiger partial charge in [0.15, 0.2) is 5.01 Å². The zero-order valence-corrected chi connectivity index (χ0v) is 34.9. The molecule has 0 radical (unpaired) electrons. The van der Waals surface area contributed by atoms with E-state index < -0.39 is 74.1 Å². The van der Waals surface area contributed by atoms with E-state index >= 15 is 0 Å². The number of methoxy groups -OCH3 is 1. The van der Waals surface area contributed by atoms with Crippen molar-refractivity contribution in [2.75, 3.05) is 33.4 Å². The molecule has 3 aliphatic carbocycles. The standard InChI is InChI=1S/C41H53N7O9S2/c1-56-28-13-11-25(12-14-28)32-23-58-35(43-32)37(51)47-20-26-21-48-33(30(26)22-47)34(49)45-41(38(52)46-59(54,55)29-15-16-29)19-27(41)9-5-3-2-4-6-10-31(36(48)50)44-39(53)57-24-40(42)17-7-8-18-40/h5,9,11-14,23,26-27,29-31,33H,2-4,6-8,10,15-22,24,42H2,1H3,(H,44,53)(H,45,49)(H,46,52)/b9-5-/t26-,27+,30-,31-,33-,41-/m0/s1. The van der Waals surface area contributed by atoms with Crippen LogP contribution in [0.15, 0.2) is 41.8 Å². The third-order valence-electron chi connectivity index (χ3n) is 13.0. The Morgan fingerprint density at radius 2 is 1.78 bits per heavy atom. The van der Waals surface area contributed by atoms with Crippen LogP contribution in [0.25, 0.3) is 11.3 Å². The van der Waals surface area contributed by atoms with Crippen molar-refractivity contribution in [3.05, 3.63) is 46.8 Å². The highest BCUT2D eigenvalue weighted by Gasteiger charge is 2.63. The maximum Gasteiger partial charge on any atom is 0.407 e. The Balaban J connectivity index is 1.05. The molecule has 8 rings (SSSR count). The van der Waals surface area contributed by atoms with Crippen LogP contribution in [-0.4, -0.2) is 115 Å². The molecule has 2 saturated heterocycles. The number of thiazole rings is 1.